The second kappa shape index (κ2) is 8.47. The van der Waals surface area contributed by atoms with Gasteiger partial charge in [0.1, 0.15) is 6.04 Å². The lowest BCUT2D eigenvalue weighted by molar-refractivity contribution is -0.138. The van der Waals surface area contributed by atoms with Gasteiger partial charge in [-0.2, -0.15) is 0 Å². The Bertz CT molecular complexity index is 447. The average Bonchev–Trinajstić information content (AvgIpc) is 3.12. The van der Waals surface area contributed by atoms with E-state index in [4.69, 9.17) is 10.8 Å². The summed E-state index contributed by atoms with van der Waals surface area (Å²) >= 11 is 0. The third-order valence-corrected chi connectivity index (χ3v) is 3.72. The van der Waals surface area contributed by atoms with Crippen LogP contribution in [-0.2, 0) is 11.2 Å². The second-order valence-corrected chi connectivity index (χ2v) is 5.50. The number of halogens is 2. The molecule has 2 rings (SSSR count). The van der Waals surface area contributed by atoms with Gasteiger partial charge in [0.25, 0.3) is 0 Å². The van der Waals surface area contributed by atoms with Crippen LogP contribution >= 0.6 is 24.8 Å². The number of rotatable bonds is 7. The Morgan fingerprint density at radius 2 is 1.90 bits per heavy atom. The van der Waals surface area contributed by atoms with Crippen molar-refractivity contribution in [3.05, 3.63) is 29.8 Å². The standard InChI is InChI=1S/C15H22N2O2.2ClH/c1-2-7-15(8-9-15)17-12-5-3-11(4-6-12)10-13(16)14(18)19;;/h3-6,13,17H,2,7-10,16H2,1H3,(H,18,19);2*1H. The van der Waals surface area contributed by atoms with Crippen molar-refractivity contribution < 1.29 is 9.90 Å². The SMILES string of the molecule is CCCC1(Nc2ccc(CC(N)C(=O)O)cc2)CC1.Cl.Cl. The molecular formula is C15H24Cl2N2O2. The van der Waals surface area contributed by atoms with Gasteiger partial charge < -0.3 is 16.2 Å². The van der Waals surface area contributed by atoms with Crippen LogP contribution in [0.3, 0.4) is 0 Å². The van der Waals surface area contributed by atoms with Gasteiger partial charge in [-0.15, -0.1) is 24.8 Å². The summed E-state index contributed by atoms with van der Waals surface area (Å²) in [7, 11) is 0. The van der Waals surface area contributed by atoms with E-state index in [0.717, 1.165) is 11.3 Å². The molecule has 0 radical (unpaired) electrons. The molecule has 1 saturated carbocycles. The summed E-state index contributed by atoms with van der Waals surface area (Å²) in [5.74, 6) is -0.956. The summed E-state index contributed by atoms with van der Waals surface area (Å²) in [4.78, 5) is 10.7. The molecule has 6 heteroatoms. The fourth-order valence-corrected chi connectivity index (χ4v) is 2.44. The third kappa shape index (κ3) is 5.73. The molecule has 1 aromatic rings. The molecule has 0 saturated heterocycles. The number of carbonyl (C=O) groups is 1. The molecule has 1 atom stereocenters. The molecule has 1 unspecified atom stereocenters. The summed E-state index contributed by atoms with van der Waals surface area (Å²) in [6.07, 6.45) is 5.26. The van der Waals surface area contributed by atoms with Crippen molar-refractivity contribution in [1.82, 2.24) is 0 Å². The van der Waals surface area contributed by atoms with Gasteiger partial charge in [0, 0.05) is 11.2 Å². The summed E-state index contributed by atoms with van der Waals surface area (Å²) < 4.78 is 0. The van der Waals surface area contributed by atoms with E-state index in [1.54, 1.807) is 0 Å². The predicted octanol–water partition coefficient (Wildman–Crippen LogP) is 3.23. The number of hydrogen-bond acceptors (Lipinski definition) is 3. The number of carboxylic acid groups (broad SMARTS) is 1. The van der Waals surface area contributed by atoms with Gasteiger partial charge in [-0.1, -0.05) is 25.5 Å². The van der Waals surface area contributed by atoms with Crippen molar-refractivity contribution in [2.75, 3.05) is 5.32 Å². The minimum Gasteiger partial charge on any atom is -0.480 e. The number of benzene rings is 1. The number of nitrogens with one attached hydrogen (secondary N) is 1. The fraction of sp³-hybridized carbons (Fsp3) is 0.533. The minimum atomic E-state index is -0.956. The van der Waals surface area contributed by atoms with Crippen LogP contribution in [0.25, 0.3) is 0 Å². The quantitative estimate of drug-likeness (QED) is 0.715. The second-order valence-electron chi connectivity index (χ2n) is 5.50. The average molecular weight is 335 g/mol. The lowest BCUT2D eigenvalue weighted by Gasteiger charge is -2.18. The molecule has 120 valence electrons. The van der Waals surface area contributed by atoms with Crippen LogP contribution in [0.1, 0.15) is 38.2 Å². The predicted molar refractivity (Wildman–Crippen MR) is 90.7 cm³/mol. The highest BCUT2D eigenvalue weighted by molar-refractivity contribution is 5.85. The fourth-order valence-electron chi connectivity index (χ4n) is 2.44. The number of anilines is 1. The molecule has 21 heavy (non-hydrogen) atoms. The largest absolute Gasteiger partial charge is 0.480 e. The van der Waals surface area contributed by atoms with Gasteiger partial charge in [-0.05, 0) is 43.4 Å². The molecule has 1 fully saturated rings. The van der Waals surface area contributed by atoms with Crippen LogP contribution in [0.15, 0.2) is 24.3 Å². The number of hydrogen-bond donors (Lipinski definition) is 3. The van der Waals surface area contributed by atoms with Gasteiger partial charge in [0.15, 0.2) is 0 Å². The number of aliphatic carboxylic acids is 1. The lowest BCUT2D eigenvalue weighted by atomic mass is 10.1. The highest BCUT2D eigenvalue weighted by Crippen LogP contribution is 2.42. The van der Waals surface area contributed by atoms with Crippen LogP contribution in [0.4, 0.5) is 5.69 Å². The normalized spacial score (nSPS) is 16.1. The first-order chi connectivity index (χ1) is 9.04. The lowest BCUT2D eigenvalue weighted by Crippen LogP contribution is -2.32. The molecule has 1 aromatic carbocycles. The van der Waals surface area contributed by atoms with Gasteiger partial charge >= 0.3 is 5.97 Å². The van der Waals surface area contributed by atoms with E-state index in [0.29, 0.717) is 12.0 Å². The Balaban J connectivity index is 0.00000200. The first-order valence-corrected chi connectivity index (χ1v) is 6.90. The minimum absolute atomic E-state index is 0. The van der Waals surface area contributed by atoms with E-state index in [2.05, 4.69) is 12.2 Å². The Morgan fingerprint density at radius 1 is 1.33 bits per heavy atom. The van der Waals surface area contributed by atoms with E-state index in [1.807, 2.05) is 24.3 Å². The van der Waals surface area contributed by atoms with Crippen molar-refractivity contribution in [2.45, 2.75) is 50.6 Å². The molecule has 0 aliphatic heterocycles. The van der Waals surface area contributed by atoms with E-state index >= 15 is 0 Å². The molecule has 0 heterocycles. The van der Waals surface area contributed by atoms with Crippen molar-refractivity contribution in [3.63, 3.8) is 0 Å². The molecular weight excluding hydrogens is 311 g/mol. The molecule has 4 N–H and O–H groups in total. The van der Waals surface area contributed by atoms with E-state index in [-0.39, 0.29) is 24.8 Å². The molecule has 1 aliphatic carbocycles. The molecule has 0 bridgehead atoms. The highest BCUT2D eigenvalue weighted by Gasteiger charge is 2.41. The Labute approximate surface area is 138 Å². The third-order valence-electron chi connectivity index (χ3n) is 3.72. The van der Waals surface area contributed by atoms with Crippen LogP contribution < -0.4 is 11.1 Å². The topological polar surface area (TPSA) is 75.3 Å². The van der Waals surface area contributed by atoms with Gasteiger partial charge in [-0.3, -0.25) is 4.79 Å². The van der Waals surface area contributed by atoms with Gasteiger partial charge in [-0.25, -0.2) is 0 Å². The summed E-state index contributed by atoms with van der Waals surface area (Å²) in [6, 6.07) is 7.10. The zero-order chi connectivity index (χ0) is 13.9. The molecule has 0 aromatic heterocycles. The zero-order valence-corrected chi connectivity index (χ0v) is 13.8. The molecule has 1 aliphatic rings. The maximum atomic E-state index is 10.7. The van der Waals surface area contributed by atoms with Crippen molar-refractivity contribution in [3.8, 4) is 0 Å². The first kappa shape index (κ1) is 20.0. The van der Waals surface area contributed by atoms with Crippen molar-refractivity contribution in [1.29, 1.82) is 0 Å². The summed E-state index contributed by atoms with van der Waals surface area (Å²) in [5.41, 5.74) is 7.90. The van der Waals surface area contributed by atoms with Crippen LogP contribution in [0.5, 0.6) is 0 Å². The molecule has 0 amide bonds. The Kier molecular flexibility index (Phi) is 8.08. The Morgan fingerprint density at radius 3 is 2.33 bits per heavy atom. The van der Waals surface area contributed by atoms with E-state index in [1.165, 1.54) is 25.7 Å². The van der Waals surface area contributed by atoms with Gasteiger partial charge in [0.2, 0.25) is 0 Å². The Hall–Kier alpha value is -0.970. The van der Waals surface area contributed by atoms with Crippen LogP contribution in [0, 0.1) is 0 Å². The number of carboxylic acids is 1. The molecule has 0 spiro atoms. The first-order valence-electron chi connectivity index (χ1n) is 6.90. The smallest absolute Gasteiger partial charge is 0.320 e. The molecule has 4 nitrogen and oxygen atoms in total. The maximum absolute atomic E-state index is 10.7. The van der Waals surface area contributed by atoms with E-state index in [9.17, 15) is 4.79 Å². The van der Waals surface area contributed by atoms with Crippen molar-refractivity contribution >= 4 is 36.5 Å². The van der Waals surface area contributed by atoms with E-state index < -0.39 is 12.0 Å². The zero-order valence-electron chi connectivity index (χ0n) is 12.2. The van der Waals surface area contributed by atoms with Crippen molar-refractivity contribution in [2.24, 2.45) is 5.73 Å². The number of nitrogens with two attached hydrogens (primary N) is 1. The summed E-state index contributed by atoms with van der Waals surface area (Å²) in [6.45, 7) is 2.21. The summed E-state index contributed by atoms with van der Waals surface area (Å²) in [5, 5.41) is 12.4. The van der Waals surface area contributed by atoms with Crippen LogP contribution in [-0.4, -0.2) is 22.7 Å². The highest BCUT2D eigenvalue weighted by atomic mass is 35.5. The van der Waals surface area contributed by atoms with Crippen LogP contribution in [0.2, 0.25) is 0 Å². The maximum Gasteiger partial charge on any atom is 0.320 e. The monoisotopic (exact) mass is 334 g/mol. The van der Waals surface area contributed by atoms with Gasteiger partial charge in [0.05, 0.1) is 0 Å².